The largest absolute Gasteiger partial charge is 0.481 e. The number of rotatable bonds is 4. The fourth-order valence-electron chi connectivity index (χ4n) is 2.34. The predicted molar refractivity (Wildman–Crippen MR) is 76.9 cm³/mol. The summed E-state index contributed by atoms with van der Waals surface area (Å²) in [5, 5.41) is 9.70. The highest BCUT2D eigenvalue weighted by molar-refractivity contribution is 6.33. The Morgan fingerprint density at radius 1 is 1.32 bits per heavy atom. The van der Waals surface area contributed by atoms with Crippen LogP contribution < -0.4 is 4.90 Å². The molecule has 0 amide bonds. The number of aliphatic carboxylic acids is 1. The zero-order valence-electron chi connectivity index (χ0n) is 11.1. The van der Waals surface area contributed by atoms with Gasteiger partial charge in [0, 0.05) is 32.7 Å². The van der Waals surface area contributed by atoms with Crippen LogP contribution in [0.4, 0.5) is 5.69 Å². The van der Waals surface area contributed by atoms with E-state index in [1.54, 1.807) is 6.92 Å². The summed E-state index contributed by atoms with van der Waals surface area (Å²) in [6.07, 6.45) is 0. The van der Waals surface area contributed by atoms with Gasteiger partial charge in [-0.05, 0) is 12.1 Å². The molecule has 0 aromatic heterocycles. The van der Waals surface area contributed by atoms with Crippen molar-refractivity contribution in [2.45, 2.75) is 6.92 Å². The monoisotopic (exact) mass is 282 g/mol. The second-order valence-corrected chi connectivity index (χ2v) is 5.39. The maximum atomic E-state index is 10.8. The van der Waals surface area contributed by atoms with Crippen molar-refractivity contribution in [3.05, 3.63) is 29.3 Å². The molecule has 1 fully saturated rings. The van der Waals surface area contributed by atoms with E-state index in [-0.39, 0.29) is 5.92 Å². The van der Waals surface area contributed by atoms with Gasteiger partial charge in [0.2, 0.25) is 0 Å². The third-order valence-corrected chi connectivity index (χ3v) is 3.84. The van der Waals surface area contributed by atoms with Crippen molar-refractivity contribution in [2.24, 2.45) is 5.92 Å². The first-order chi connectivity index (χ1) is 9.08. The zero-order valence-corrected chi connectivity index (χ0v) is 11.8. The molecular weight excluding hydrogens is 264 g/mol. The number of halogens is 1. The number of carboxylic acids is 1. The number of hydrogen-bond donors (Lipinski definition) is 1. The molecule has 4 nitrogen and oxygen atoms in total. The van der Waals surface area contributed by atoms with Crippen LogP contribution in [0.5, 0.6) is 0 Å². The van der Waals surface area contributed by atoms with Crippen molar-refractivity contribution < 1.29 is 9.90 Å². The number of benzene rings is 1. The van der Waals surface area contributed by atoms with E-state index in [9.17, 15) is 4.79 Å². The van der Waals surface area contributed by atoms with Crippen molar-refractivity contribution >= 4 is 23.3 Å². The summed E-state index contributed by atoms with van der Waals surface area (Å²) in [5.74, 6) is -1.04. The minimum atomic E-state index is -0.728. The van der Waals surface area contributed by atoms with Crippen LogP contribution >= 0.6 is 11.6 Å². The topological polar surface area (TPSA) is 43.8 Å². The van der Waals surface area contributed by atoms with Gasteiger partial charge < -0.3 is 10.0 Å². The van der Waals surface area contributed by atoms with E-state index in [2.05, 4.69) is 9.80 Å². The fraction of sp³-hybridized carbons (Fsp3) is 0.500. The average Bonchev–Trinajstić information content (AvgIpc) is 2.40. The molecule has 1 aromatic carbocycles. The quantitative estimate of drug-likeness (QED) is 0.919. The van der Waals surface area contributed by atoms with Crippen LogP contribution in [0.3, 0.4) is 0 Å². The van der Waals surface area contributed by atoms with E-state index in [0.29, 0.717) is 6.54 Å². The molecule has 0 spiro atoms. The molecule has 5 heteroatoms. The summed E-state index contributed by atoms with van der Waals surface area (Å²) < 4.78 is 0. The summed E-state index contributed by atoms with van der Waals surface area (Å²) in [7, 11) is 0. The van der Waals surface area contributed by atoms with Crippen LogP contribution in [0.2, 0.25) is 5.02 Å². The first kappa shape index (κ1) is 14.2. The molecule has 0 saturated carbocycles. The molecular formula is C14H19ClN2O2. The minimum absolute atomic E-state index is 0.313. The van der Waals surface area contributed by atoms with Crippen LogP contribution in [0.15, 0.2) is 24.3 Å². The third kappa shape index (κ3) is 3.61. The normalized spacial score (nSPS) is 18.3. The Hall–Kier alpha value is -1.26. The second-order valence-electron chi connectivity index (χ2n) is 4.98. The van der Waals surface area contributed by atoms with Crippen LogP contribution in [0.25, 0.3) is 0 Å². The Balaban J connectivity index is 1.89. The van der Waals surface area contributed by atoms with E-state index in [1.807, 2.05) is 24.3 Å². The van der Waals surface area contributed by atoms with E-state index < -0.39 is 5.97 Å². The van der Waals surface area contributed by atoms with Gasteiger partial charge in [0.15, 0.2) is 0 Å². The van der Waals surface area contributed by atoms with Gasteiger partial charge in [-0.15, -0.1) is 0 Å². The Morgan fingerprint density at radius 3 is 2.53 bits per heavy atom. The lowest BCUT2D eigenvalue weighted by molar-refractivity contribution is -0.141. The van der Waals surface area contributed by atoms with Crippen molar-refractivity contribution in [1.82, 2.24) is 4.90 Å². The van der Waals surface area contributed by atoms with E-state index in [0.717, 1.165) is 36.9 Å². The molecule has 1 aliphatic rings. The molecule has 104 valence electrons. The van der Waals surface area contributed by atoms with E-state index in [4.69, 9.17) is 16.7 Å². The summed E-state index contributed by atoms with van der Waals surface area (Å²) in [4.78, 5) is 15.3. The first-order valence-electron chi connectivity index (χ1n) is 6.52. The summed E-state index contributed by atoms with van der Waals surface area (Å²) in [6.45, 7) is 5.90. The van der Waals surface area contributed by atoms with E-state index >= 15 is 0 Å². The van der Waals surface area contributed by atoms with Gasteiger partial charge in [0.25, 0.3) is 0 Å². The van der Waals surface area contributed by atoms with Gasteiger partial charge in [-0.3, -0.25) is 9.69 Å². The zero-order chi connectivity index (χ0) is 13.8. The summed E-state index contributed by atoms with van der Waals surface area (Å²) in [6, 6.07) is 7.84. The van der Waals surface area contributed by atoms with Crippen LogP contribution in [0, 0.1) is 5.92 Å². The van der Waals surface area contributed by atoms with Crippen molar-refractivity contribution in [2.75, 3.05) is 37.6 Å². The van der Waals surface area contributed by atoms with Gasteiger partial charge in [-0.25, -0.2) is 0 Å². The predicted octanol–water partition coefficient (Wildman–Crippen LogP) is 2.18. The molecule has 0 radical (unpaired) electrons. The molecule has 2 rings (SSSR count). The minimum Gasteiger partial charge on any atom is -0.481 e. The molecule has 0 aliphatic carbocycles. The fourth-order valence-corrected chi connectivity index (χ4v) is 2.60. The maximum Gasteiger partial charge on any atom is 0.307 e. The Bertz CT molecular complexity index is 445. The summed E-state index contributed by atoms with van der Waals surface area (Å²) in [5.41, 5.74) is 1.06. The lowest BCUT2D eigenvalue weighted by atomic mass is 10.1. The van der Waals surface area contributed by atoms with Gasteiger partial charge in [0.05, 0.1) is 16.6 Å². The van der Waals surface area contributed by atoms with Gasteiger partial charge in [-0.2, -0.15) is 0 Å². The molecule has 1 heterocycles. The van der Waals surface area contributed by atoms with Gasteiger partial charge >= 0.3 is 5.97 Å². The van der Waals surface area contributed by atoms with Crippen molar-refractivity contribution in [1.29, 1.82) is 0 Å². The number of hydrogen-bond acceptors (Lipinski definition) is 3. The maximum absolute atomic E-state index is 10.8. The highest BCUT2D eigenvalue weighted by Crippen LogP contribution is 2.26. The number of nitrogens with zero attached hydrogens (tertiary/aromatic N) is 2. The smallest absolute Gasteiger partial charge is 0.307 e. The van der Waals surface area contributed by atoms with Gasteiger partial charge in [-0.1, -0.05) is 30.7 Å². The lowest BCUT2D eigenvalue weighted by Gasteiger charge is -2.37. The number of piperazine rings is 1. The van der Waals surface area contributed by atoms with Gasteiger partial charge in [0.1, 0.15) is 0 Å². The highest BCUT2D eigenvalue weighted by atomic mass is 35.5. The summed E-state index contributed by atoms with van der Waals surface area (Å²) >= 11 is 6.19. The molecule has 1 aliphatic heterocycles. The standard InChI is InChI=1S/C14H19ClN2O2/c1-11(14(18)19)10-16-6-8-17(9-7-16)13-5-3-2-4-12(13)15/h2-5,11H,6-10H2,1H3,(H,18,19). The molecule has 1 saturated heterocycles. The SMILES string of the molecule is CC(CN1CCN(c2ccccc2Cl)CC1)C(=O)O. The number of anilines is 1. The highest BCUT2D eigenvalue weighted by Gasteiger charge is 2.22. The molecule has 19 heavy (non-hydrogen) atoms. The van der Waals surface area contributed by atoms with Crippen LogP contribution in [0.1, 0.15) is 6.92 Å². The average molecular weight is 283 g/mol. The molecule has 1 aromatic rings. The lowest BCUT2D eigenvalue weighted by Crippen LogP contribution is -2.48. The first-order valence-corrected chi connectivity index (χ1v) is 6.90. The third-order valence-electron chi connectivity index (χ3n) is 3.52. The molecule has 0 bridgehead atoms. The second kappa shape index (κ2) is 6.26. The van der Waals surface area contributed by atoms with Crippen LogP contribution in [-0.2, 0) is 4.79 Å². The number of carbonyl (C=O) groups is 1. The Labute approximate surface area is 118 Å². The van der Waals surface area contributed by atoms with E-state index in [1.165, 1.54) is 0 Å². The Morgan fingerprint density at radius 2 is 1.95 bits per heavy atom. The Kier molecular flexibility index (Phi) is 4.66. The molecule has 1 unspecified atom stereocenters. The van der Waals surface area contributed by atoms with Crippen molar-refractivity contribution in [3.8, 4) is 0 Å². The molecule has 1 atom stereocenters. The number of para-hydroxylation sites is 1. The van der Waals surface area contributed by atoms with Crippen LogP contribution in [-0.4, -0.2) is 48.7 Å². The van der Waals surface area contributed by atoms with Crippen molar-refractivity contribution in [3.63, 3.8) is 0 Å². The number of carboxylic acid groups (broad SMARTS) is 1. The molecule has 1 N–H and O–H groups in total.